The van der Waals surface area contributed by atoms with Gasteiger partial charge in [0.15, 0.2) is 5.60 Å². The first-order valence-corrected chi connectivity index (χ1v) is 6.09. The maximum absolute atomic E-state index is 11.4. The van der Waals surface area contributed by atoms with Crippen LogP contribution in [-0.2, 0) is 16.8 Å². The first-order chi connectivity index (χ1) is 8.05. The average Bonchev–Trinajstić information content (AvgIpc) is 2.55. The Labute approximate surface area is 102 Å². The molecule has 1 fully saturated rings. The van der Waals surface area contributed by atoms with Crippen LogP contribution in [0.25, 0.3) is 0 Å². The molecule has 0 radical (unpaired) electrons. The predicted molar refractivity (Wildman–Crippen MR) is 66.9 cm³/mol. The number of hydrogen-bond acceptors (Lipinski definition) is 2. The Bertz CT molecular complexity index is 413. The van der Waals surface area contributed by atoms with Crippen LogP contribution in [0.3, 0.4) is 0 Å². The third kappa shape index (κ3) is 2.28. The lowest BCUT2D eigenvalue weighted by molar-refractivity contribution is 0.0701. The molecule has 92 valence electrons. The van der Waals surface area contributed by atoms with Crippen molar-refractivity contribution >= 4 is 6.09 Å². The molecule has 17 heavy (non-hydrogen) atoms. The topological polar surface area (TPSA) is 29.5 Å². The van der Waals surface area contributed by atoms with Gasteiger partial charge in [0.1, 0.15) is 0 Å². The number of rotatable bonds is 3. The van der Waals surface area contributed by atoms with Crippen molar-refractivity contribution in [1.82, 2.24) is 4.90 Å². The van der Waals surface area contributed by atoms with Crippen molar-refractivity contribution < 1.29 is 9.53 Å². The minimum Gasteiger partial charge on any atom is -0.436 e. The summed E-state index contributed by atoms with van der Waals surface area (Å²) in [4.78, 5) is 13.0. The van der Waals surface area contributed by atoms with Crippen LogP contribution in [0.2, 0.25) is 0 Å². The summed E-state index contributed by atoms with van der Waals surface area (Å²) in [7, 11) is 1.76. The van der Waals surface area contributed by atoms with E-state index in [1.54, 1.807) is 11.9 Å². The Morgan fingerprint density at radius 1 is 1.35 bits per heavy atom. The molecule has 1 heterocycles. The lowest BCUT2D eigenvalue weighted by atomic mass is 9.94. The van der Waals surface area contributed by atoms with Gasteiger partial charge in [-0.15, -0.1) is 0 Å². The van der Waals surface area contributed by atoms with Crippen molar-refractivity contribution in [2.45, 2.75) is 32.3 Å². The largest absolute Gasteiger partial charge is 0.436 e. The highest BCUT2D eigenvalue weighted by atomic mass is 16.6. The van der Waals surface area contributed by atoms with E-state index in [1.165, 1.54) is 5.56 Å². The Balaban J connectivity index is 2.20. The van der Waals surface area contributed by atoms with Gasteiger partial charge in [0.05, 0.1) is 6.54 Å². The fourth-order valence-electron chi connectivity index (χ4n) is 2.28. The molecule has 0 spiro atoms. The highest BCUT2D eigenvalue weighted by Crippen LogP contribution is 2.32. The number of likely N-dealkylation sites (N-methyl/N-ethyl adjacent to an activating group) is 1. The van der Waals surface area contributed by atoms with Gasteiger partial charge in [-0.1, -0.05) is 37.6 Å². The van der Waals surface area contributed by atoms with Crippen molar-refractivity contribution in [3.05, 3.63) is 35.4 Å². The van der Waals surface area contributed by atoms with E-state index in [9.17, 15) is 4.79 Å². The monoisotopic (exact) mass is 233 g/mol. The second-order valence-electron chi connectivity index (χ2n) is 4.90. The molecule has 1 atom stereocenters. The molecule has 3 nitrogen and oxygen atoms in total. The van der Waals surface area contributed by atoms with Gasteiger partial charge < -0.3 is 9.64 Å². The lowest BCUT2D eigenvalue weighted by Gasteiger charge is -2.22. The first kappa shape index (κ1) is 12.0. The van der Waals surface area contributed by atoms with Crippen LogP contribution in [0.1, 0.15) is 31.4 Å². The predicted octanol–water partition coefficient (Wildman–Crippen LogP) is 2.94. The van der Waals surface area contributed by atoms with Gasteiger partial charge in [-0.3, -0.25) is 0 Å². The lowest BCUT2D eigenvalue weighted by Crippen LogP contribution is -2.27. The summed E-state index contributed by atoms with van der Waals surface area (Å²) in [5, 5.41) is 0. The average molecular weight is 233 g/mol. The van der Waals surface area contributed by atoms with Crippen LogP contribution >= 0.6 is 0 Å². The maximum atomic E-state index is 11.4. The molecule has 0 saturated carbocycles. The number of amides is 1. The van der Waals surface area contributed by atoms with E-state index in [4.69, 9.17) is 4.74 Å². The van der Waals surface area contributed by atoms with Gasteiger partial charge in [0, 0.05) is 7.05 Å². The van der Waals surface area contributed by atoms with Gasteiger partial charge in [0.25, 0.3) is 0 Å². The van der Waals surface area contributed by atoms with Crippen molar-refractivity contribution in [3.8, 4) is 0 Å². The van der Waals surface area contributed by atoms with Crippen molar-refractivity contribution in [2.24, 2.45) is 0 Å². The Morgan fingerprint density at radius 2 is 2.00 bits per heavy atom. The molecule has 2 rings (SSSR count). The van der Waals surface area contributed by atoms with Gasteiger partial charge in [-0.05, 0) is 24.5 Å². The number of carbonyl (C=O) groups excluding carboxylic acids is 1. The summed E-state index contributed by atoms with van der Waals surface area (Å²) in [6.07, 6.45) is 2.00. The molecule has 1 aliphatic heterocycles. The second-order valence-corrected chi connectivity index (χ2v) is 4.90. The SMILES string of the molecule is CCCc1ccc(C2(C)CN(C)C(=O)O2)cc1. The molecular weight excluding hydrogens is 214 g/mol. The van der Waals surface area contributed by atoms with Gasteiger partial charge in [-0.25, -0.2) is 4.79 Å². The molecule has 1 aromatic carbocycles. The zero-order valence-corrected chi connectivity index (χ0v) is 10.7. The molecule has 0 bridgehead atoms. The third-order valence-corrected chi connectivity index (χ3v) is 3.27. The van der Waals surface area contributed by atoms with Crippen LogP contribution in [0.4, 0.5) is 4.79 Å². The van der Waals surface area contributed by atoms with E-state index in [0.29, 0.717) is 6.54 Å². The summed E-state index contributed by atoms with van der Waals surface area (Å²) in [5.74, 6) is 0. The number of nitrogens with zero attached hydrogens (tertiary/aromatic N) is 1. The first-order valence-electron chi connectivity index (χ1n) is 6.09. The molecule has 1 aliphatic rings. The minimum absolute atomic E-state index is 0.245. The smallest absolute Gasteiger partial charge is 0.410 e. The van der Waals surface area contributed by atoms with E-state index in [2.05, 4.69) is 31.2 Å². The molecule has 1 amide bonds. The molecule has 1 unspecified atom stereocenters. The second kappa shape index (κ2) is 4.40. The number of benzene rings is 1. The zero-order valence-electron chi connectivity index (χ0n) is 10.7. The van der Waals surface area contributed by atoms with Crippen molar-refractivity contribution in [3.63, 3.8) is 0 Å². The highest BCUT2D eigenvalue weighted by molar-refractivity contribution is 5.70. The minimum atomic E-state index is -0.503. The van der Waals surface area contributed by atoms with E-state index in [1.807, 2.05) is 6.92 Å². The van der Waals surface area contributed by atoms with Crippen LogP contribution in [0, 0.1) is 0 Å². The molecule has 1 aromatic rings. The van der Waals surface area contributed by atoms with E-state index in [0.717, 1.165) is 18.4 Å². The third-order valence-electron chi connectivity index (χ3n) is 3.27. The Morgan fingerprint density at radius 3 is 2.47 bits per heavy atom. The summed E-state index contributed by atoms with van der Waals surface area (Å²) >= 11 is 0. The van der Waals surface area contributed by atoms with Gasteiger partial charge >= 0.3 is 6.09 Å². The van der Waals surface area contributed by atoms with E-state index >= 15 is 0 Å². The van der Waals surface area contributed by atoms with E-state index < -0.39 is 5.60 Å². The fourth-order valence-corrected chi connectivity index (χ4v) is 2.28. The fraction of sp³-hybridized carbons (Fsp3) is 0.500. The molecular formula is C14H19NO2. The number of cyclic esters (lactones) is 1. The Hall–Kier alpha value is -1.51. The standard InChI is InChI=1S/C14H19NO2/c1-4-5-11-6-8-12(9-7-11)14(2)10-15(3)13(16)17-14/h6-9H,4-5,10H2,1-3H3. The Kier molecular flexibility index (Phi) is 3.09. The van der Waals surface area contributed by atoms with Gasteiger partial charge in [-0.2, -0.15) is 0 Å². The quantitative estimate of drug-likeness (QED) is 0.803. The number of carbonyl (C=O) groups is 1. The van der Waals surface area contributed by atoms with E-state index in [-0.39, 0.29) is 6.09 Å². The number of aryl methyl sites for hydroxylation is 1. The molecule has 3 heteroatoms. The summed E-state index contributed by atoms with van der Waals surface area (Å²) in [6, 6.07) is 8.38. The molecule has 0 aromatic heterocycles. The summed E-state index contributed by atoms with van der Waals surface area (Å²) < 4.78 is 5.43. The van der Waals surface area contributed by atoms with Crippen molar-refractivity contribution in [1.29, 1.82) is 0 Å². The summed E-state index contributed by atoms with van der Waals surface area (Å²) in [5.41, 5.74) is 1.89. The molecule has 0 N–H and O–H groups in total. The number of hydrogen-bond donors (Lipinski definition) is 0. The summed E-state index contributed by atoms with van der Waals surface area (Å²) in [6.45, 7) is 4.74. The van der Waals surface area contributed by atoms with Crippen LogP contribution in [0.15, 0.2) is 24.3 Å². The maximum Gasteiger partial charge on any atom is 0.410 e. The zero-order chi connectivity index (χ0) is 12.5. The van der Waals surface area contributed by atoms with Crippen molar-refractivity contribution in [2.75, 3.05) is 13.6 Å². The molecule has 0 aliphatic carbocycles. The van der Waals surface area contributed by atoms with Crippen LogP contribution in [-0.4, -0.2) is 24.6 Å². The van der Waals surface area contributed by atoms with Gasteiger partial charge in [0.2, 0.25) is 0 Å². The normalized spacial score (nSPS) is 23.9. The van der Waals surface area contributed by atoms with Crippen LogP contribution < -0.4 is 0 Å². The molecule has 1 saturated heterocycles. The highest BCUT2D eigenvalue weighted by Gasteiger charge is 2.40. The number of ether oxygens (including phenoxy) is 1. The van der Waals surface area contributed by atoms with Crippen LogP contribution in [0.5, 0.6) is 0 Å².